The molecule has 1 unspecified atom stereocenters. The molecule has 6 nitrogen and oxygen atoms in total. The van der Waals surface area contributed by atoms with Gasteiger partial charge in [-0.15, -0.1) is 11.3 Å². The number of nitrogens with one attached hydrogen (secondary N) is 2. The van der Waals surface area contributed by atoms with Gasteiger partial charge in [0, 0.05) is 13.1 Å². The molecule has 3 rings (SSSR count). The van der Waals surface area contributed by atoms with E-state index in [4.69, 9.17) is 0 Å². The lowest BCUT2D eigenvalue weighted by atomic mass is 10.3. The van der Waals surface area contributed by atoms with Crippen molar-refractivity contribution < 1.29 is 4.79 Å². The highest BCUT2D eigenvalue weighted by Gasteiger charge is 2.22. The zero-order valence-corrected chi connectivity index (χ0v) is 12.7. The van der Waals surface area contributed by atoms with Crippen molar-refractivity contribution in [1.29, 1.82) is 0 Å². The summed E-state index contributed by atoms with van der Waals surface area (Å²) >= 11 is 1.38. The van der Waals surface area contributed by atoms with E-state index in [0.717, 1.165) is 25.9 Å². The molecule has 0 radical (unpaired) electrons. The lowest BCUT2D eigenvalue weighted by Gasteiger charge is -2.20. The number of aromatic nitrogens is 2. The zero-order chi connectivity index (χ0) is 14.8. The summed E-state index contributed by atoms with van der Waals surface area (Å²) in [6.07, 6.45) is 2.17. The van der Waals surface area contributed by atoms with Gasteiger partial charge in [0.15, 0.2) is 0 Å². The molecule has 0 saturated carbocycles. The fraction of sp³-hybridized carbons (Fsp3) is 0.500. The van der Waals surface area contributed by atoms with Crippen molar-refractivity contribution in [2.24, 2.45) is 0 Å². The summed E-state index contributed by atoms with van der Waals surface area (Å²) in [7, 11) is 0. The fourth-order valence-electron chi connectivity index (χ4n) is 2.55. The number of hydrogen-bond donors (Lipinski definition) is 2. The molecule has 1 saturated heterocycles. The summed E-state index contributed by atoms with van der Waals surface area (Å²) in [6, 6.07) is 1.56. The van der Waals surface area contributed by atoms with Crippen LogP contribution in [0.25, 0.3) is 10.2 Å². The van der Waals surface area contributed by atoms with Gasteiger partial charge in [-0.2, -0.15) is 0 Å². The maximum atomic E-state index is 12.2. The average Bonchev–Trinajstić information content (AvgIpc) is 3.14. The van der Waals surface area contributed by atoms with Gasteiger partial charge in [0.05, 0.1) is 18.1 Å². The number of amides is 1. The van der Waals surface area contributed by atoms with Gasteiger partial charge >= 0.3 is 0 Å². The van der Waals surface area contributed by atoms with Crippen LogP contribution in [0.1, 0.15) is 25.6 Å². The van der Waals surface area contributed by atoms with E-state index < -0.39 is 0 Å². The van der Waals surface area contributed by atoms with Crippen molar-refractivity contribution in [3.63, 3.8) is 0 Å². The smallest absolute Gasteiger partial charge is 0.268 e. The first-order valence-corrected chi connectivity index (χ1v) is 8.01. The molecule has 7 heteroatoms. The SMILES string of the molecule is CC(NCc1nc2ccsc2c(=O)[nH]1)C(=O)N1CCCC1. The van der Waals surface area contributed by atoms with E-state index in [1.54, 1.807) is 0 Å². The number of carbonyl (C=O) groups excluding carboxylic acids is 1. The van der Waals surface area contributed by atoms with Crippen LogP contribution in [0, 0.1) is 0 Å². The Morgan fingerprint density at radius 3 is 3.05 bits per heavy atom. The molecule has 2 aromatic heterocycles. The number of hydrogen-bond acceptors (Lipinski definition) is 5. The van der Waals surface area contributed by atoms with Gasteiger partial charge < -0.3 is 9.88 Å². The third kappa shape index (κ3) is 2.98. The molecular formula is C14H18N4O2S. The molecule has 0 bridgehead atoms. The van der Waals surface area contributed by atoms with Crippen molar-refractivity contribution in [2.45, 2.75) is 32.4 Å². The second-order valence-electron chi connectivity index (χ2n) is 5.28. The van der Waals surface area contributed by atoms with Gasteiger partial charge in [-0.3, -0.25) is 14.9 Å². The summed E-state index contributed by atoms with van der Waals surface area (Å²) in [4.78, 5) is 33.1. The van der Waals surface area contributed by atoms with E-state index in [-0.39, 0.29) is 17.5 Å². The number of likely N-dealkylation sites (tertiary alicyclic amines) is 1. The van der Waals surface area contributed by atoms with Crippen molar-refractivity contribution in [3.8, 4) is 0 Å². The molecule has 2 aromatic rings. The molecule has 1 atom stereocenters. The van der Waals surface area contributed by atoms with Gasteiger partial charge in [-0.05, 0) is 31.2 Å². The minimum atomic E-state index is -0.272. The van der Waals surface area contributed by atoms with Crippen LogP contribution in [-0.4, -0.2) is 39.9 Å². The van der Waals surface area contributed by atoms with Crippen LogP contribution in [0.15, 0.2) is 16.2 Å². The molecule has 1 amide bonds. The number of nitrogens with zero attached hydrogens (tertiary/aromatic N) is 2. The highest BCUT2D eigenvalue weighted by molar-refractivity contribution is 7.17. The lowest BCUT2D eigenvalue weighted by Crippen LogP contribution is -2.43. The first-order valence-electron chi connectivity index (χ1n) is 7.14. The molecule has 1 fully saturated rings. The van der Waals surface area contributed by atoms with Crippen molar-refractivity contribution in [1.82, 2.24) is 20.2 Å². The molecule has 2 N–H and O–H groups in total. The van der Waals surface area contributed by atoms with E-state index in [0.29, 0.717) is 22.6 Å². The largest absolute Gasteiger partial charge is 0.341 e. The van der Waals surface area contributed by atoms with Crippen molar-refractivity contribution >= 4 is 27.5 Å². The summed E-state index contributed by atoms with van der Waals surface area (Å²) in [5.74, 6) is 0.679. The van der Waals surface area contributed by atoms with Crippen LogP contribution in [-0.2, 0) is 11.3 Å². The number of thiophene rings is 1. The van der Waals surface area contributed by atoms with E-state index in [9.17, 15) is 9.59 Å². The summed E-state index contributed by atoms with van der Waals surface area (Å²) in [5.41, 5.74) is 0.587. The summed E-state index contributed by atoms with van der Waals surface area (Å²) in [5, 5.41) is 4.99. The first kappa shape index (κ1) is 14.2. The number of fused-ring (bicyclic) bond motifs is 1. The Morgan fingerprint density at radius 2 is 2.29 bits per heavy atom. The third-order valence-electron chi connectivity index (χ3n) is 3.73. The van der Waals surface area contributed by atoms with Crippen LogP contribution < -0.4 is 10.9 Å². The Labute approximate surface area is 126 Å². The topological polar surface area (TPSA) is 78.1 Å². The summed E-state index contributed by atoms with van der Waals surface area (Å²) in [6.45, 7) is 3.92. The van der Waals surface area contributed by atoms with E-state index in [1.807, 2.05) is 23.3 Å². The first-order chi connectivity index (χ1) is 10.1. The predicted molar refractivity (Wildman–Crippen MR) is 82.4 cm³/mol. The Kier molecular flexibility index (Phi) is 4.03. The van der Waals surface area contributed by atoms with E-state index >= 15 is 0 Å². The quantitative estimate of drug-likeness (QED) is 0.886. The van der Waals surface area contributed by atoms with Crippen LogP contribution in [0.5, 0.6) is 0 Å². The highest BCUT2D eigenvalue weighted by Crippen LogP contribution is 2.13. The third-order valence-corrected chi connectivity index (χ3v) is 4.63. The second kappa shape index (κ2) is 5.95. The van der Waals surface area contributed by atoms with Crippen LogP contribution in [0.4, 0.5) is 0 Å². The number of H-pyrrole nitrogens is 1. The summed E-state index contributed by atoms with van der Waals surface area (Å²) < 4.78 is 0.639. The normalized spacial score (nSPS) is 16.5. The standard InChI is InChI=1S/C14H18N4O2S/c1-9(14(20)18-5-2-3-6-18)15-8-11-16-10-4-7-21-12(10)13(19)17-11/h4,7,9,15H,2-3,5-6,8H2,1H3,(H,16,17,19). The predicted octanol–water partition coefficient (Wildman–Crippen LogP) is 1.09. The molecule has 1 aliphatic rings. The van der Waals surface area contributed by atoms with Crippen LogP contribution >= 0.6 is 11.3 Å². The number of rotatable bonds is 4. The Bertz CT molecular complexity index is 702. The molecule has 1 aliphatic heterocycles. The van der Waals surface area contributed by atoms with Crippen molar-refractivity contribution in [2.75, 3.05) is 13.1 Å². The molecule has 0 spiro atoms. The Balaban J connectivity index is 1.65. The Morgan fingerprint density at radius 1 is 1.52 bits per heavy atom. The highest BCUT2D eigenvalue weighted by atomic mass is 32.1. The molecule has 0 aliphatic carbocycles. The zero-order valence-electron chi connectivity index (χ0n) is 11.9. The van der Waals surface area contributed by atoms with Gasteiger partial charge in [-0.1, -0.05) is 0 Å². The molecule has 0 aromatic carbocycles. The second-order valence-corrected chi connectivity index (χ2v) is 6.20. The monoisotopic (exact) mass is 306 g/mol. The van der Waals surface area contributed by atoms with Gasteiger partial charge in [0.1, 0.15) is 10.5 Å². The maximum Gasteiger partial charge on any atom is 0.268 e. The minimum Gasteiger partial charge on any atom is -0.341 e. The number of aromatic amines is 1. The molecule has 21 heavy (non-hydrogen) atoms. The maximum absolute atomic E-state index is 12.2. The fourth-order valence-corrected chi connectivity index (χ4v) is 3.28. The van der Waals surface area contributed by atoms with Crippen LogP contribution in [0.2, 0.25) is 0 Å². The van der Waals surface area contributed by atoms with Gasteiger partial charge in [0.2, 0.25) is 5.91 Å². The molecule has 3 heterocycles. The molecule has 112 valence electrons. The van der Waals surface area contributed by atoms with E-state index in [1.165, 1.54) is 11.3 Å². The number of carbonyl (C=O) groups is 1. The lowest BCUT2D eigenvalue weighted by molar-refractivity contribution is -0.132. The van der Waals surface area contributed by atoms with Gasteiger partial charge in [0.25, 0.3) is 5.56 Å². The van der Waals surface area contributed by atoms with E-state index in [2.05, 4.69) is 15.3 Å². The van der Waals surface area contributed by atoms with Crippen LogP contribution in [0.3, 0.4) is 0 Å². The minimum absolute atomic E-state index is 0.117. The average molecular weight is 306 g/mol. The molecular weight excluding hydrogens is 288 g/mol. The van der Waals surface area contributed by atoms with Gasteiger partial charge in [-0.25, -0.2) is 4.98 Å². The Hall–Kier alpha value is -1.73. The van der Waals surface area contributed by atoms with Crippen molar-refractivity contribution in [3.05, 3.63) is 27.6 Å².